The minimum absolute atomic E-state index is 0.192. The van der Waals surface area contributed by atoms with Gasteiger partial charge in [0.1, 0.15) is 5.60 Å². The van der Waals surface area contributed by atoms with Crippen LogP contribution in [0.2, 0.25) is 0 Å². The molecule has 142 valence electrons. The predicted octanol–water partition coefficient (Wildman–Crippen LogP) is 4.09. The molecule has 0 aromatic heterocycles. The van der Waals surface area contributed by atoms with E-state index in [1.54, 1.807) is 0 Å². The van der Waals surface area contributed by atoms with Crippen molar-refractivity contribution < 1.29 is 19.4 Å². The van der Waals surface area contributed by atoms with Crippen molar-refractivity contribution in [2.75, 3.05) is 6.54 Å². The Morgan fingerprint density at radius 2 is 1.84 bits per heavy atom. The molecule has 0 saturated heterocycles. The summed E-state index contributed by atoms with van der Waals surface area (Å²) in [6.45, 7) is 13.9. The molecule has 2 aliphatic carbocycles. The highest BCUT2D eigenvalue weighted by molar-refractivity contribution is 5.73. The molecule has 0 bridgehead atoms. The van der Waals surface area contributed by atoms with Crippen LogP contribution < -0.4 is 5.32 Å². The first kappa shape index (κ1) is 19.8. The Hall–Kier alpha value is -1.52. The average molecular weight is 351 g/mol. The van der Waals surface area contributed by atoms with E-state index in [1.165, 1.54) is 0 Å². The number of fused-ring (bicyclic) bond motifs is 1. The smallest absolute Gasteiger partial charge is 0.407 e. The van der Waals surface area contributed by atoms with E-state index in [4.69, 9.17) is 4.74 Å². The molecule has 0 heterocycles. The summed E-state index contributed by atoms with van der Waals surface area (Å²) in [5, 5.41) is 12.8. The van der Waals surface area contributed by atoms with Crippen molar-refractivity contribution in [3.8, 4) is 0 Å². The first-order chi connectivity index (χ1) is 11.3. The first-order valence-electron chi connectivity index (χ1n) is 9.16. The van der Waals surface area contributed by atoms with E-state index in [2.05, 4.69) is 24.4 Å². The fraction of sp³-hybridized carbons (Fsp3) is 0.800. The highest BCUT2D eigenvalue weighted by Gasteiger charge is 2.63. The lowest BCUT2D eigenvalue weighted by Gasteiger charge is -2.59. The highest BCUT2D eigenvalue weighted by atomic mass is 16.6. The van der Waals surface area contributed by atoms with Crippen molar-refractivity contribution in [2.45, 2.75) is 60.5 Å². The molecule has 1 fully saturated rings. The zero-order valence-electron chi connectivity index (χ0n) is 16.6. The van der Waals surface area contributed by atoms with E-state index >= 15 is 0 Å². The molecule has 5 heteroatoms. The summed E-state index contributed by atoms with van der Waals surface area (Å²) in [4.78, 5) is 24.3. The summed E-state index contributed by atoms with van der Waals surface area (Å²) in [6.07, 6.45) is 4.68. The standard InChI is InChI=1S/C20H33NO4/c1-12-8-9-14-13(12)10-20(14,15(16(22)23)18(2,3)4)11-21-17(24)25-19(5,6)7/h8-9,12-15H,10-11H2,1-7H3,(H,21,24)(H,22,23)/t12?,13-,14+,15?,20+/m0/s1. The van der Waals surface area contributed by atoms with Crippen molar-refractivity contribution in [3.63, 3.8) is 0 Å². The van der Waals surface area contributed by atoms with E-state index in [9.17, 15) is 14.7 Å². The second-order valence-corrected chi connectivity index (χ2v) is 9.86. The lowest BCUT2D eigenvalue weighted by Crippen LogP contribution is -2.62. The van der Waals surface area contributed by atoms with Crippen LogP contribution in [0.15, 0.2) is 12.2 Å². The van der Waals surface area contributed by atoms with Gasteiger partial charge in [0.15, 0.2) is 0 Å². The van der Waals surface area contributed by atoms with Crippen LogP contribution >= 0.6 is 0 Å². The van der Waals surface area contributed by atoms with Gasteiger partial charge in [0.25, 0.3) is 0 Å². The summed E-state index contributed by atoms with van der Waals surface area (Å²) >= 11 is 0. The molecule has 25 heavy (non-hydrogen) atoms. The number of ether oxygens (including phenoxy) is 1. The van der Waals surface area contributed by atoms with Crippen LogP contribution in [0.1, 0.15) is 54.9 Å². The van der Waals surface area contributed by atoms with E-state index in [0.29, 0.717) is 18.4 Å². The van der Waals surface area contributed by atoms with Gasteiger partial charge in [-0.25, -0.2) is 4.79 Å². The summed E-state index contributed by atoms with van der Waals surface area (Å²) in [5.74, 6) is -0.188. The number of allylic oxidation sites excluding steroid dienone is 2. The van der Waals surface area contributed by atoms with Crippen molar-refractivity contribution in [1.82, 2.24) is 5.32 Å². The SMILES string of the molecule is CC1C=C[C@@H]2[C@H]1C[C@]2(CNC(=O)OC(C)(C)C)C(C(=O)O)C(C)(C)C. The molecule has 0 spiro atoms. The number of carboxylic acids is 1. The van der Waals surface area contributed by atoms with Gasteiger partial charge < -0.3 is 15.2 Å². The summed E-state index contributed by atoms with van der Waals surface area (Å²) in [5.41, 5.74) is -1.43. The van der Waals surface area contributed by atoms with Gasteiger partial charge in [-0.15, -0.1) is 0 Å². The van der Waals surface area contributed by atoms with Gasteiger partial charge in [0.05, 0.1) is 5.92 Å². The predicted molar refractivity (Wildman–Crippen MR) is 97.2 cm³/mol. The number of carbonyl (C=O) groups is 2. The molecule has 2 N–H and O–H groups in total. The molecule has 5 atom stereocenters. The number of alkyl carbamates (subject to hydrolysis) is 1. The van der Waals surface area contributed by atoms with Crippen LogP contribution in [0.25, 0.3) is 0 Å². The van der Waals surface area contributed by atoms with Gasteiger partial charge in [0.2, 0.25) is 0 Å². The topological polar surface area (TPSA) is 75.6 Å². The quantitative estimate of drug-likeness (QED) is 0.748. The maximum atomic E-state index is 12.2. The summed E-state index contributed by atoms with van der Waals surface area (Å²) in [7, 11) is 0. The Balaban J connectivity index is 2.25. The number of rotatable bonds is 4. The molecular weight excluding hydrogens is 318 g/mol. The number of hydrogen-bond donors (Lipinski definition) is 2. The Morgan fingerprint density at radius 3 is 2.28 bits per heavy atom. The maximum Gasteiger partial charge on any atom is 0.407 e. The van der Waals surface area contributed by atoms with E-state index in [1.807, 2.05) is 41.5 Å². The van der Waals surface area contributed by atoms with Crippen LogP contribution in [0, 0.1) is 34.5 Å². The van der Waals surface area contributed by atoms with Crippen LogP contribution in [0.5, 0.6) is 0 Å². The van der Waals surface area contributed by atoms with Gasteiger partial charge in [-0.05, 0) is 50.4 Å². The molecule has 1 amide bonds. The van der Waals surface area contributed by atoms with Crippen molar-refractivity contribution >= 4 is 12.1 Å². The van der Waals surface area contributed by atoms with Crippen LogP contribution in [-0.4, -0.2) is 29.3 Å². The molecule has 2 rings (SSSR count). The molecule has 0 aromatic carbocycles. The third-order valence-electron chi connectivity index (χ3n) is 5.69. The minimum atomic E-state index is -0.787. The normalized spacial score (nSPS) is 32.5. The zero-order chi connectivity index (χ0) is 19.2. The number of amides is 1. The van der Waals surface area contributed by atoms with E-state index < -0.39 is 34.4 Å². The van der Waals surface area contributed by atoms with Gasteiger partial charge >= 0.3 is 12.1 Å². The minimum Gasteiger partial charge on any atom is -0.481 e. The molecule has 1 saturated carbocycles. The number of hydrogen-bond acceptors (Lipinski definition) is 3. The Bertz CT molecular complexity index is 569. The third-order valence-corrected chi connectivity index (χ3v) is 5.69. The molecule has 2 unspecified atom stereocenters. The van der Waals surface area contributed by atoms with Crippen LogP contribution in [0.4, 0.5) is 4.79 Å². The molecule has 0 radical (unpaired) electrons. The Kier molecular flexibility index (Phi) is 5.01. The number of aliphatic carboxylic acids is 1. The van der Waals surface area contributed by atoms with E-state index in [-0.39, 0.29) is 5.92 Å². The summed E-state index contributed by atoms with van der Waals surface area (Å²) in [6, 6.07) is 0. The number of nitrogens with one attached hydrogen (secondary N) is 1. The van der Waals surface area contributed by atoms with Crippen LogP contribution in [-0.2, 0) is 9.53 Å². The molecule has 5 nitrogen and oxygen atoms in total. The van der Waals surface area contributed by atoms with Gasteiger partial charge in [-0.3, -0.25) is 4.79 Å². The fourth-order valence-electron chi connectivity index (χ4n) is 4.88. The summed E-state index contributed by atoms with van der Waals surface area (Å²) < 4.78 is 5.34. The Labute approximate surface area is 151 Å². The van der Waals surface area contributed by atoms with Gasteiger partial charge in [0, 0.05) is 12.0 Å². The van der Waals surface area contributed by atoms with Crippen molar-refractivity contribution in [3.05, 3.63) is 12.2 Å². The lowest BCUT2D eigenvalue weighted by atomic mass is 9.45. The highest BCUT2D eigenvalue weighted by Crippen LogP contribution is 2.64. The lowest BCUT2D eigenvalue weighted by molar-refractivity contribution is -0.168. The van der Waals surface area contributed by atoms with Gasteiger partial charge in [-0.2, -0.15) is 0 Å². The average Bonchev–Trinajstić information content (AvgIpc) is 2.66. The first-order valence-corrected chi connectivity index (χ1v) is 9.16. The fourth-order valence-corrected chi connectivity index (χ4v) is 4.88. The van der Waals surface area contributed by atoms with Gasteiger partial charge in [-0.1, -0.05) is 39.8 Å². The second kappa shape index (κ2) is 6.33. The number of carbonyl (C=O) groups excluding carboxylic acids is 1. The monoisotopic (exact) mass is 351 g/mol. The molecule has 0 aliphatic heterocycles. The van der Waals surface area contributed by atoms with E-state index in [0.717, 1.165) is 6.42 Å². The van der Waals surface area contributed by atoms with Crippen molar-refractivity contribution in [1.29, 1.82) is 0 Å². The molecule has 0 aromatic rings. The molecular formula is C20H33NO4. The molecule has 2 aliphatic rings. The number of carboxylic acid groups (broad SMARTS) is 1. The van der Waals surface area contributed by atoms with Crippen LogP contribution in [0.3, 0.4) is 0 Å². The second-order valence-electron chi connectivity index (χ2n) is 9.86. The zero-order valence-corrected chi connectivity index (χ0v) is 16.6. The largest absolute Gasteiger partial charge is 0.481 e. The van der Waals surface area contributed by atoms with Crippen molar-refractivity contribution in [2.24, 2.45) is 34.5 Å². The Morgan fingerprint density at radius 1 is 1.24 bits per heavy atom. The third kappa shape index (κ3) is 3.85. The maximum absolute atomic E-state index is 12.2.